The third-order valence-electron chi connectivity index (χ3n) is 7.09. The first-order valence-electron chi connectivity index (χ1n) is 13.7. The summed E-state index contributed by atoms with van der Waals surface area (Å²) >= 11 is 0. The second-order valence-corrected chi connectivity index (χ2v) is 10.3. The molecular formula is C30H33N9O3. The highest BCUT2D eigenvalue weighted by atomic mass is 16.5. The van der Waals surface area contributed by atoms with Crippen LogP contribution in [0.3, 0.4) is 0 Å². The van der Waals surface area contributed by atoms with Crippen LogP contribution in [0.25, 0.3) is 11.1 Å². The van der Waals surface area contributed by atoms with Crippen LogP contribution in [-0.2, 0) is 6.54 Å². The van der Waals surface area contributed by atoms with Crippen LogP contribution in [0.15, 0.2) is 61.4 Å². The molecule has 42 heavy (non-hydrogen) atoms. The normalized spacial score (nSPS) is 14.5. The number of likely N-dealkylation sites (tertiary alicyclic amines) is 1. The molecule has 0 bridgehead atoms. The smallest absolute Gasteiger partial charge is 0.251 e. The first-order valence-corrected chi connectivity index (χ1v) is 13.7. The van der Waals surface area contributed by atoms with E-state index in [1.807, 2.05) is 13.0 Å². The molecule has 2 aromatic carbocycles. The average Bonchev–Trinajstić information content (AvgIpc) is 3.51. The van der Waals surface area contributed by atoms with Crippen molar-refractivity contribution in [1.29, 1.82) is 5.26 Å². The summed E-state index contributed by atoms with van der Waals surface area (Å²) in [4.78, 5) is 28.0. The second kappa shape index (κ2) is 13.1. The third-order valence-corrected chi connectivity index (χ3v) is 7.09. The minimum absolute atomic E-state index is 0.117. The Labute approximate surface area is 244 Å². The Morgan fingerprint density at radius 3 is 2.60 bits per heavy atom. The maximum atomic E-state index is 12.8. The van der Waals surface area contributed by atoms with Crippen molar-refractivity contribution in [3.63, 3.8) is 0 Å². The first kappa shape index (κ1) is 28.5. The van der Waals surface area contributed by atoms with Gasteiger partial charge in [-0.15, -0.1) is 0 Å². The maximum absolute atomic E-state index is 12.8. The third kappa shape index (κ3) is 7.00. The lowest BCUT2D eigenvalue weighted by Gasteiger charge is -2.29. The Bertz CT molecular complexity index is 1540. The summed E-state index contributed by atoms with van der Waals surface area (Å²) in [5.74, 6) is 1.22. The fourth-order valence-electron chi connectivity index (χ4n) is 4.76. The van der Waals surface area contributed by atoms with Gasteiger partial charge in [0.2, 0.25) is 5.95 Å². The minimum atomic E-state index is -0.237. The molecule has 4 aromatic rings. The summed E-state index contributed by atoms with van der Waals surface area (Å²) in [7, 11) is 3.65. The van der Waals surface area contributed by atoms with Gasteiger partial charge in [-0.1, -0.05) is 6.07 Å². The van der Waals surface area contributed by atoms with Gasteiger partial charge in [0.05, 0.1) is 24.9 Å². The lowest BCUT2D eigenvalue weighted by atomic mass is 10.0. The molecule has 0 aliphatic carbocycles. The number of rotatable bonds is 10. The van der Waals surface area contributed by atoms with Crippen LogP contribution in [0.5, 0.6) is 11.5 Å². The summed E-state index contributed by atoms with van der Waals surface area (Å²) in [6.45, 7) is 4.34. The van der Waals surface area contributed by atoms with Gasteiger partial charge in [-0.3, -0.25) is 4.79 Å². The van der Waals surface area contributed by atoms with Gasteiger partial charge in [0.25, 0.3) is 5.91 Å². The fraction of sp³-hybridized carbons (Fsp3) is 0.333. The number of hydrogen-bond acceptors (Lipinski definition) is 10. The molecular weight excluding hydrogens is 534 g/mol. The van der Waals surface area contributed by atoms with E-state index >= 15 is 0 Å². The molecule has 1 saturated heterocycles. The molecule has 5 rings (SSSR count). The second-order valence-electron chi connectivity index (χ2n) is 10.3. The van der Waals surface area contributed by atoms with Crippen molar-refractivity contribution in [2.75, 3.05) is 32.6 Å². The number of anilines is 2. The number of nitrogens with one attached hydrogen (secondary N) is 2. The monoisotopic (exact) mass is 567 g/mol. The molecule has 0 radical (unpaired) electrons. The summed E-state index contributed by atoms with van der Waals surface area (Å²) < 4.78 is 13.3. The lowest BCUT2D eigenvalue weighted by Crippen LogP contribution is -2.43. The molecule has 1 amide bonds. The SMILES string of the molecule is COc1cc(C(=O)NC2CCN(C)CC2)ccc1Nc1ncc(-c2ccc(C#N)c(OC(C)Cn3cncn3)c2)cn1. The minimum Gasteiger partial charge on any atom is -0.495 e. The predicted molar refractivity (Wildman–Crippen MR) is 157 cm³/mol. The van der Waals surface area contributed by atoms with Crippen LogP contribution in [-0.4, -0.2) is 74.9 Å². The molecule has 12 nitrogen and oxygen atoms in total. The van der Waals surface area contributed by atoms with E-state index in [1.54, 1.807) is 60.8 Å². The van der Waals surface area contributed by atoms with Crippen molar-refractivity contribution in [2.24, 2.45) is 0 Å². The highest BCUT2D eigenvalue weighted by Crippen LogP contribution is 2.30. The van der Waals surface area contributed by atoms with Gasteiger partial charge in [-0.25, -0.2) is 19.6 Å². The average molecular weight is 568 g/mol. The topological polar surface area (TPSA) is 143 Å². The van der Waals surface area contributed by atoms with Crippen LogP contribution in [0.1, 0.15) is 35.7 Å². The standard InChI is InChI=1S/C30H33N9O3/c1-20(17-39-19-32-18-35-39)42-27-12-21(4-5-23(27)14-31)24-15-33-30(34-16-24)37-26-7-6-22(13-28(26)41-3)29(40)36-25-8-10-38(2)11-9-25/h4-7,12-13,15-16,18-20,25H,8-11,17H2,1-3H3,(H,36,40)(H,33,34,37). The molecule has 1 aliphatic rings. The molecule has 3 heterocycles. The van der Waals surface area contributed by atoms with Crippen molar-refractivity contribution < 1.29 is 14.3 Å². The number of hydrogen-bond donors (Lipinski definition) is 2. The highest BCUT2D eigenvalue weighted by Gasteiger charge is 2.20. The number of piperidine rings is 1. The molecule has 216 valence electrons. The van der Waals surface area contributed by atoms with Crippen LogP contribution >= 0.6 is 0 Å². The number of ether oxygens (including phenoxy) is 2. The van der Waals surface area contributed by atoms with E-state index in [9.17, 15) is 10.1 Å². The lowest BCUT2D eigenvalue weighted by molar-refractivity contribution is 0.0916. The van der Waals surface area contributed by atoms with Gasteiger partial charge in [-0.2, -0.15) is 10.4 Å². The number of nitrogens with zero attached hydrogens (tertiary/aromatic N) is 7. The zero-order valence-corrected chi connectivity index (χ0v) is 23.8. The van der Waals surface area contributed by atoms with E-state index < -0.39 is 0 Å². The van der Waals surface area contributed by atoms with E-state index in [0.29, 0.717) is 40.8 Å². The predicted octanol–water partition coefficient (Wildman–Crippen LogP) is 3.65. The summed E-state index contributed by atoms with van der Waals surface area (Å²) in [6.07, 6.45) is 8.10. The summed E-state index contributed by atoms with van der Waals surface area (Å²) in [6, 6.07) is 13.0. The first-order chi connectivity index (χ1) is 20.4. The zero-order valence-electron chi connectivity index (χ0n) is 23.8. The zero-order chi connectivity index (χ0) is 29.5. The number of carbonyl (C=O) groups excluding carboxylic acids is 1. The largest absolute Gasteiger partial charge is 0.495 e. The Kier molecular flexibility index (Phi) is 8.89. The van der Waals surface area contributed by atoms with Gasteiger partial charge in [0, 0.05) is 29.6 Å². The number of aromatic nitrogens is 5. The van der Waals surface area contributed by atoms with Crippen LogP contribution < -0.4 is 20.1 Å². The van der Waals surface area contributed by atoms with E-state index in [0.717, 1.165) is 37.1 Å². The van der Waals surface area contributed by atoms with E-state index in [-0.39, 0.29) is 18.1 Å². The molecule has 2 N–H and O–H groups in total. The van der Waals surface area contributed by atoms with Gasteiger partial charge in [-0.05, 0) is 75.8 Å². The van der Waals surface area contributed by atoms with E-state index in [4.69, 9.17) is 9.47 Å². The number of methoxy groups -OCH3 is 1. The molecule has 1 atom stereocenters. The van der Waals surface area contributed by atoms with Gasteiger partial charge in [0.15, 0.2) is 0 Å². The number of amides is 1. The molecule has 1 aliphatic heterocycles. The quantitative estimate of drug-likeness (QED) is 0.291. The van der Waals surface area contributed by atoms with Gasteiger partial charge >= 0.3 is 0 Å². The van der Waals surface area contributed by atoms with Crippen molar-refractivity contribution in [3.8, 4) is 28.7 Å². The number of nitriles is 1. The Morgan fingerprint density at radius 2 is 1.90 bits per heavy atom. The fourth-order valence-corrected chi connectivity index (χ4v) is 4.76. The van der Waals surface area contributed by atoms with Crippen molar-refractivity contribution in [1.82, 2.24) is 34.9 Å². The maximum Gasteiger partial charge on any atom is 0.251 e. The molecule has 0 spiro atoms. The number of benzene rings is 2. The molecule has 2 aromatic heterocycles. The van der Waals surface area contributed by atoms with Crippen LogP contribution in [0.2, 0.25) is 0 Å². The van der Waals surface area contributed by atoms with E-state index in [1.165, 1.54) is 6.33 Å². The Morgan fingerprint density at radius 1 is 1.12 bits per heavy atom. The number of carbonyl (C=O) groups is 1. The van der Waals surface area contributed by atoms with Gasteiger partial charge in [0.1, 0.15) is 36.3 Å². The molecule has 1 fully saturated rings. The Balaban J connectivity index is 1.25. The summed E-state index contributed by atoms with van der Waals surface area (Å²) in [5, 5.41) is 20.0. The van der Waals surface area contributed by atoms with Crippen LogP contribution in [0, 0.1) is 11.3 Å². The molecule has 1 unspecified atom stereocenters. The van der Waals surface area contributed by atoms with Crippen molar-refractivity contribution >= 4 is 17.5 Å². The summed E-state index contributed by atoms with van der Waals surface area (Å²) in [5.41, 5.74) is 3.16. The van der Waals surface area contributed by atoms with Gasteiger partial charge < -0.3 is 25.0 Å². The molecule has 0 saturated carbocycles. The highest BCUT2D eigenvalue weighted by molar-refractivity contribution is 5.95. The Hall–Kier alpha value is -5.02. The molecule has 12 heteroatoms. The van der Waals surface area contributed by atoms with E-state index in [2.05, 4.69) is 48.7 Å². The van der Waals surface area contributed by atoms with Crippen LogP contribution in [0.4, 0.5) is 11.6 Å². The van der Waals surface area contributed by atoms with Crippen molar-refractivity contribution in [3.05, 3.63) is 72.6 Å². The van der Waals surface area contributed by atoms with Crippen molar-refractivity contribution in [2.45, 2.75) is 38.5 Å².